The third-order valence-electron chi connectivity index (χ3n) is 6.14. The highest BCUT2D eigenvalue weighted by atomic mass is 19.4. The summed E-state index contributed by atoms with van der Waals surface area (Å²) in [4.78, 5) is 31.1. The van der Waals surface area contributed by atoms with Crippen molar-refractivity contribution in [2.75, 3.05) is 39.7 Å². The number of nitrogens with zero attached hydrogens (tertiary/aromatic N) is 6. The summed E-state index contributed by atoms with van der Waals surface area (Å²) in [5.41, 5.74) is 0.827. The molecule has 0 saturated carbocycles. The molecule has 2 unspecified atom stereocenters. The van der Waals surface area contributed by atoms with Crippen LogP contribution >= 0.6 is 0 Å². The molecule has 11 heteroatoms. The van der Waals surface area contributed by atoms with Gasteiger partial charge in [-0.15, -0.1) is 0 Å². The van der Waals surface area contributed by atoms with Gasteiger partial charge in [0.2, 0.25) is 0 Å². The average Bonchev–Trinajstić information content (AvgIpc) is 3.34. The lowest BCUT2D eigenvalue weighted by Gasteiger charge is -2.34. The largest absolute Gasteiger partial charge is 0.393 e. The van der Waals surface area contributed by atoms with E-state index in [0.29, 0.717) is 30.4 Å². The van der Waals surface area contributed by atoms with E-state index in [1.54, 1.807) is 21.9 Å². The molecule has 0 aliphatic carbocycles. The van der Waals surface area contributed by atoms with Gasteiger partial charge in [-0.2, -0.15) is 13.2 Å². The van der Waals surface area contributed by atoms with Gasteiger partial charge in [0.25, 0.3) is 0 Å². The molecule has 0 bridgehead atoms. The summed E-state index contributed by atoms with van der Waals surface area (Å²) in [6.45, 7) is 1.20. The molecule has 2 amide bonds. The van der Waals surface area contributed by atoms with Crippen LogP contribution in [0.25, 0.3) is 0 Å². The molecular formula is C20H22F3N7O. The topological polar surface area (TPSA) is 77.5 Å². The molecule has 2 aromatic heterocycles. The molecule has 3 aliphatic rings. The molecule has 5 rings (SSSR count). The van der Waals surface area contributed by atoms with Crippen LogP contribution in [0.1, 0.15) is 25.7 Å². The van der Waals surface area contributed by atoms with E-state index in [1.165, 1.54) is 12.5 Å². The Morgan fingerprint density at radius 1 is 1.13 bits per heavy atom. The van der Waals surface area contributed by atoms with Gasteiger partial charge >= 0.3 is 12.2 Å². The third kappa shape index (κ3) is 3.61. The van der Waals surface area contributed by atoms with Crippen molar-refractivity contribution in [3.63, 3.8) is 0 Å². The summed E-state index contributed by atoms with van der Waals surface area (Å²) in [5.74, 6) is -0.0496. The van der Waals surface area contributed by atoms with Crippen molar-refractivity contribution in [3.05, 3.63) is 30.7 Å². The fourth-order valence-corrected chi connectivity index (χ4v) is 4.67. The van der Waals surface area contributed by atoms with Gasteiger partial charge < -0.3 is 9.80 Å². The molecule has 2 aromatic rings. The lowest BCUT2D eigenvalue weighted by atomic mass is 9.97. The van der Waals surface area contributed by atoms with E-state index in [1.807, 2.05) is 6.07 Å². The number of fused-ring (bicyclic) bond motifs is 3. The van der Waals surface area contributed by atoms with Gasteiger partial charge in [0.1, 0.15) is 24.1 Å². The standard InChI is InChI=1S/C20H22F3N7O/c21-20(22,23)13-3-1-9-28(11-13)16-6-5-14-18(27-16)30(17-4-2-10-29(14)17)19(31)26-15-7-8-24-12-25-15/h5-8,12-13,17H,1-4,9-11H2,(H,24,25,26,31). The zero-order chi connectivity index (χ0) is 21.6. The van der Waals surface area contributed by atoms with Gasteiger partial charge in [-0.25, -0.2) is 19.7 Å². The fraction of sp³-hybridized carbons (Fsp3) is 0.500. The molecule has 0 spiro atoms. The Hall–Kier alpha value is -3.11. The fourth-order valence-electron chi connectivity index (χ4n) is 4.67. The van der Waals surface area contributed by atoms with Crippen LogP contribution in [0.4, 0.5) is 41.1 Å². The van der Waals surface area contributed by atoms with E-state index in [-0.39, 0.29) is 25.2 Å². The van der Waals surface area contributed by atoms with Crippen LogP contribution in [-0.4, -0.2) is 53.0 Å². The molecule has 3 aliphatic heterocycles. The predicted molar refractivity (Wildman–Crippen MR) is 109 cm³/mol. The maximum Gasteiger partial charge on any atom is 0.393 e. The van der Waals surface area contributed by atoms with Gasteiger partial charge in [0, 0.05) is 25.8 Å². The van der Waals surface area contributed by atoms with E-state index < -0.39 is 12.1 Å². The van der Waals surface area contributed by atoms with Crippen molar-refractivity contribution in [3.8, 4) is 0 Å². The van der Waals surface area contributed by atoms with E-state index in [9.17, 15) is 18.0 Å². The van der Waals surface area contributed by atoms with E-state index in [0.717, 1.165) is 25.1 Å². The summed E-state index contributed by atoms with van der Waals surface area (Å²) in [6, 6.07) is 4.85. The van der Waals surface area contributed by atoms with Gasteiger partial charge in [0.15, 0.2) is 5.82 Å². The molecule has 2 fully saturated rings. The maximum atomic E-state index is 13.3. The number of rotatable bonds is 2. The summed E-state index contributed by atoms with van der Waals surface area (Å²) < 4.78 is 39.8. The van der Waals surface area contributed by atoms with Crippen molar-refractivity contribution in [1.82, 2.24) is 15.0 Å². The number of carbonyl (C=O) groups excluding carboxylic acids is 1. The molecule has 164 valence electrons. The molecule has 5 heterocycles. The zero-order valence-electron chi connectivity index (χ0n) is 16.7. The molecule has 8 nitrogen and oxygen atoms in total. The molecule has 2 atom stereocenters. The monoisotopic (exact) mass is 433 g/mol. The summed E-state index contributed by atoms with van der Waals surface area (Å²) in [6.07, 6.45) is 0.825. The Morgan fingerprint density at radius 3 is 2.74 bits per heavy atom. The minimum atomic E-state index is -4.22. The highest BCUT2D eigenvalue weighted by Gasteiger charge is 2.45. The Kier molecular flexibility index (Phi) is 4.82. The third-order valence-corrected chi connectivity index (χ3v) is 6.14. The van der Waals surface area contributed by atoms with Gasteiger partial charge in [-0.1, -0.05) is 0 Å². The van der Waals surface area contributed by atoms with Crippen molar-refractivity contribution in [2.24, 2.45) is 5.92 Å². The number of hydrogen-bond donors (Lipinski definition) is 1. The number of alkyl halides is 3. The number of piperidine rings is 1. The van der Waals surface area contributed by atoms with Crippen LogP contribution in [0.2, 0.25) is 0 Å². The summed E-state index contributed by atoms with van der Waals surface area (Å²) >= 11 is 0. The van der Waals surface area contributed by atoms with Gasteiger partial charge in [-0.3, -0.25) is 10.2 Å². The number of halogens is 3. The van der Waals surface area contributed by atoms with Crippen molar-refractivity contribution in [1.29, 1.82) is 0 Å². The normalized spacial score (nSPS) is 23.0. The Balaban J connectivity index is 1.44. The van der Waals surface area contributed by atoms with E-state index in [2.05, 4.69) is 25.2 Å². The molecular weight excluding hydrogens is 411 g/mol. The minimum absolute atomic E-state index is 0.116. The highest BCUT2D eigenvalue weighted by molar-refractivity contribution is 6.05. The van der Waals surface area contributed by atoms with Crippen LogP contribution in [-0.2, 0) is 0 Å². The number of amides is 2. The molecule has 1 N–H and O–H groups in total. The number of anilines is 4. The number of urea groups is 1. The predicted octanol–water partition coefficient (Wildman–Crippen LogP) is 3.63. The first kappa shape index (κ1) is 19.8. The first-order valence-electron chi connectivity index (χ1n) is 10.4. The number of pyridine rings is 1. The second-order valence-corrected chi connectivity index (χ2v) is 8.05. The molecule has 0 radical (unpaired) electrons. The van der Waals surface area contributed by atoms with E-state index in [4.69, 9.17) is 0 Å². The second kappa shape index (κ2) is 7.54. The lowest BCUT2D eigenvalue weighted by molar-refractivity contribution is -0.176. The lowest BCUT2D eigenvalue weighted by Crippen LogP contribution is -2.45. The van der Waals surface area contributed by atoms with Crippen LogP contribution in [0, 0.1) is 5.92 Å². The summed E-state index contributed by atoms with van der Waals surface area (Å²) in [7, 11) is 0. The van der Waals surface area contributed by atoms with Crippen molar-refractivity contribution >= 4 is 29.2 Å². The van der Waals surface area contributed by atoms with Crippen molar-refractivity contribution < 1.29 is 18.0 Å². The average molecular weight is 433 g/mol. The van der Waals surface area contributed by atoms with Gasteiger partial charge in [0.05, 0.1) is 11.6 Å². The maximum absolute atomic E-state index is 13.3. The molecule has 0 aromatic carbocycles. The van der Waals surface area contributed by atoms with Crippen molar-refractivity contribution in [2.45, 2.75) is 38.0 Å². The molecule has 2 saturated heterocycles. The number of aromatic nitrogens is 3. The van der Waals surface area contributed by atoms with Crippen LogP contribution in [0.3, 0.4) is 0 Å². The zero-order valence-corrected chi connectivity index (χ0v) is 16.7. The first-order chi connectivity index (χ1) is 14.9. The Bertz CT molecular complexity index is 971. The second-order valence-electron chi connectivity index (χ2n) is 8.05. The highest BCUT2D eigenvalue weighted by Crippen LogP contribution is 2.44. The SMILES string of the molecule is O=C(Nc1ccncn1)N1c2nc(N3CCCC(C(F)(F)F)C3)ccc2N2CCCC21. The minimum Gasteiger partial charge on any atom is -0.356 e. The number of carbonyl (C=O) groups is 1. The molecule has 31 heavy (non-hydrogen) atoms. The Morgan fingerprint density at radius 2 is 1.97 bits per heavy atom. The summed E-state index contributed by atoms with van der Waals surface area (Å²) in [5, 5.41) is 2.77. The van der Waals surface area contributed by atoms with Crippen LogP contribution in [0.5, 0.6) is 0 Å². The first-order valence-corrected chi connectivity index (χ1v) is 10.4. The van der Waals surface area contributed by atoms with Gasteiger partial charge in [-0.05, 0) is 43.9 Å². The quantitative estimate of drug-likeness (QED) is 0.780. The number of hydrogen-bond acceptors (Lipinski definition) is 6. The van der Waals surface area contributed by atoms with Crippen LogP contribution in [0.15, 0.2) is 30.7 Å². The number of nitrogens with one attached hydrogen (secondary N) is 1. The smallest absolute Gasteiger partial charge is 0.356 e. The van der Waals surface area contributed by atoms with E-state index >= 15 is 0 Å². The Labute approximate surface area is 177 Å². The van der Waals surface area contributed by atoms with Crippen LogP contribution < -0.4 is 20.0 Å².